The van der Waals surface area contributed by atoms with Crippen molar-refractivity contribution in [2.24, 2.45) is 0 Å². The first-order chi connectivity index (χ1) is 9.63. The maximum Gasteiger partial charge on any atom is 0.200 e. The predicted octanol–water partition coefficient (Wildman–Crippen LogP) is 4.30. The molecule has 0 unspecified atom stereocenters. The lowest BCUT2D eigenvalue weighted by Gasteiger charge is -2.07. The zero-order valence-corrected chi connectivity index (χ0v) is 12.3. The van der Waals surface area contributed by atoms with Crippen LogP contribution in [0.1, 0.15) is 25.3 Å². The van der Waals surface area contributed by atoms with E-state index in [2.05, 4.69) is 0 Å². The van der Waals surface area contributed by atoms with Gasteiger partial charge in [0.05, 0.1) is 4.90 Å². The highest BCUT2D eigenvalue weighted by molar-refractivity contribution is 7.94. The summed E-state index contributed by atoms with van der Waals surface area (Å²) in [5.41, 5.74) is 1.82. The molecular formula is C17H18O2S. The van der Waals surface area contributed by atoms with Gasteiger partial charge in [-0.2, -0.15) is 0 Å². The minimum atomic E-state index is -3.39. The fraction of sp³-hybridized carbons (Fsp3) is 0.176. The lowest BCUT2D eigenvalue weighted by atomic mass is 10.0. The number of rotatable bonds is 5. The van der Waals surface area contributed by atoms with Crippen molar-refractivity contribution in [3.05, 3.63) is 71.6 Å². The van der Waals surface area contributed by atoms with Gasteiger partial charge < -0.3 is 0 Å². The molecule has 0 heterocycles. The summed E-state index contributed by atoms with van der Waals surface area (Å²) in [4.78, 5) is 0.338. The second kappa shape index (κ2) is 6.53. The standard InChI is InChI=1S/C17H18O2S/c1-2-9-16(15-10-5-3-6-11-15)14-20(18,19)17-12-7-4-8-13-17/h3-8,10-14H,2,9H2,1H3/b16-14+. The van der Waals surface area contributed by atoms with E-state index in [1.807, 2.05) is 43.3 Å². The van der Waals surface area contributed by atoms with Gasteiger partial charge in [0.15, 0.2) is 9.84 Å². The summed E-state index contributed by atoms with van der Waals surface area (Å²) in [6, 6.07) is 18.2. The van der Waals surface area contributed by atoms with Gasteiger partial charge in [-0.05, 0) is 29.7 Å². The SMILES string of the molecule is CCC/C(=C\S(=O)(=O)c1ccccc1)c1ccccc1. The fourth-order valence-corrected chi connectivity index (χ4v) is 3.36. The van der Waals surface area contributed by atoms with E-state index in [1.165, 1.54) is 5.41 Å². The van der Waals surface area contributed by atoms with E-state index in [9.17, 15) is 8.42 Å². The van der Waals surface area contributed by atoms with Crippen LogP contribution < -0.4 is 0 Å². The number of benzene rings is 2. The van der Waals surface area contributed by atoms with E-state index in [0.717, 1.165) is 24.0 Å². The van der Waals surface area contributed by atoms with Crippen LogP contribution in [0.25, 0.3) is 5.57 Å². The minimum absolute atomic E-state index is 0.338. The van der Waals surface area contributed by atoms with Gasteiger partial charge in [-0.1, -0.05) is 61.9 Å². The van der Waals surface area contributed by atoms with Crippen molar-refractivity contribution in [3.8, 4) is 0 Å². The molecule has 104 valence electrons. The van der Waals surface area contributed by atoms with Gasteiger partial charge in [-0.25, -0.2) is 8.42 Å². The molecule has 0 bridgehead atoms. The Morgan fingerprint density at radius 1 is 0.950 bits per heavy atom. The molecule has 20 heavy (non-hydrogen) atoms. The molecule has 0 saturated heterocycles. The van der Waals surface area contributed by atoms with E-state index < -0.39 is 9.84 Å². The summed E-state index contributed by atoms with van der Waals surface area (Å²) in [5.74, 6) is 0. The molecule has 3 heteroatoms. The van der Waals surface area contributed by atoms with E-state index in [0.29, 0.717) is 4.90 Å². The molecule has 2 aromatic carbocycles. The molecule has 0 saturated carbocycles. The summed E-state index contributed by atoms with van der Waals surface area (Å²) in [7, 11) is -3.39. The monoisotopic (exact) mass is 286 g/mol. The molecule has 0 radical (unpaired) electrons. The molecule has 0 N–H and O–H groups in total. The lowest BCUT2D eigenvalue weighted by Crippen LogP contribution is -1.98. The predicted molar refractivity (Wildman–Crippen MR) is 83.0 cm³/mol. The molecule has 0 aliphatic heterocycles. The van der Waals surface area contributed by atoms with Crippen LogP contribution in [0.4, 0.5) is 0 Å². The highest BCUT2D eigenvalue weighted by Crippen LogP contribution is 2.23. The molecule has 0 amide bonds. The summed E-state index contributed by atoms with van der Waals surface area (Å²) >= 11 is 0. The zero-order valence-electron chi connectivity index (χ0n) is 11.5. The van der Waals surface area contributed by atoms with Crippen molar-refractivity contribution in [2.75, 3.05) is 0 Å². The Bertz CT molecular complexity index is 671. The highest BCUT2D eigenvalue weighted by atomic mass is 32.2. The molecule has 2 aromatic rings. The lowest BCUT2D eigenvalue weighted by molar-refractivity contribution is 0.604. The fourth-order valence-electron chi connectivity index (χ4n) is 2.06. The third-order valence-electron chi connectivity index (χ3n) is 3.03. The van der Waals surface area contributed by atoms with Gasteiger partial charge in [-0.15, -0.1) is 0 Å². The van der Waals surface area contributed by atoms with Crippen molar-refractivity contribution >= 4 is 15.4 Å². The smallest absolute Gasteiger partial charge is 0.200 e. The zero-order chi connectivity index (χ0) is 14.4. The van der Waals surface area contributed by atoms with Crippen LogP contribution in [0, 0.1) is 0 Å². The third-order valence-corrected chi connectivity index (χ3v) is 4.56. The maximum absolute atomic E-state index is 12.4. The molecule has 0 aromatic heterocycles. The van der Waals surface area contributed by atoms with Crippen molar-refractivity contribution in [3.63, 3.8) is 0 Å². The van der Waals surface area contributed by atoms with Gasteiger partial charge in [0.1, 0.15) is 0 Å². The first-order valence-corrected chi connectivity index (χ1v) is 8.24. The average Bonchev–Trinajstić information content (AvgIpc) is 2.48. The Hall–Kier alpha value is -1.87. The molecule has 2 nitrogen and oxygen atoms in total. The topological polar surface area (TPSA) is 34.1 Å². The molecule has 2 rings (SSSR count). The molecular weight excluding hydrogens is 268 g/mol. The minimum Gasteiger partial charge on any atom is -0.219 e. The van der Waals surface area contributed by atoms with E-state index in [-0.39, 0.29) is 0 Å². The second-order valence-corrected chi connectivity index (χ2v) is 6.41. The van der Waals surface area contributed by atoms with E-state index >= 15 is 0 Å². The first kappa shape index (κ1) is 14.5. The van der Waals surface area contributed by atoms with Crippen LogP contribution in [0.15, 0.2) is 71.0 Å². The quantitative estimate of drug-likeness (QED) is 0.821. The average molecular weight is 286 g/mol. The number of sulfone groups is 1. The third kappa shape index (κ3) is 3.58. The second-order valence-electron chi connectivity index (χ2n) is 4.62. The van der Waals surface area contributed by atoms with Crippen LogP contribution in [0.2, 0.25) is 0 Å². The van der Waals surface area contributed by atoms with E-state index in [1.54, 1.807) is 24.3 Å². The van der Waals surface area contributed by atoms with Gasteiger partial charge in [0.25, 0.3) is 0 Å². The summed E-state index contributed by atoms with van der Waals surface area (Å²) < 4.78 is 24.8. The molecule has 0 spiro atoms. The molecule has 0 aliphatic carbocycles. The molecule has 0 aliphatic rings. The summed E-state index contributed by atoms with van der Waals surface area (Å²) in [5, 5.41) is 1.40. The van der Waals surface area contributed by atoms with Crippen LogP contribution in [-0.2, 0) is 9.84 Å². The Kier molecular flexibility index (Phi) is 4.74. The Morgan fingerprint density at radius 2 is 1.50 bits per heavy atom. The Labute approximate surface area is 120 Å². The van der Waals surface area contributed by atoms with Crippen molar-refractivity contribution < 1.29 is 8.42 Å². The molecule has 0 fully saturated rings. The summed E-state index contributed by atoms with van der Waals surface area (Å²) in [6.07, 6.45) is 1.65. The van der Waals surface area contributed by atoms with Crippen LogP contribution in [0.5, 0.6) is 0 Å². The Balaban J connectivity index is 2.44. The highest BCUT2D eigenvalue weighted by Gasteiger charge is 2.12. The van der Waals surface area contributed by atoms with Gasteiger partial charge in [0.2, 0.25) is 0 Å². The van der Waals surface area contributed by atoms with E-state index in [4.69, 9.17) is 0 Å². The van der Waals surface area contributed by atoms with Gasteiger partial charge >= 0.3 is 0 Å². The van der Waals surface area contributed by atoms with Crippen molar-refractivity contribution in [1.29, 1.82) is 0 Å². The number of hydrogen-bond acceptors (Lipinski definition) is 2. The maximum atomic E-state index is 12.4. The largest absolute Gasteiger partial charge is 0.219 e. The first-order valence-electron chi connectivity index (χ1n) is 6.69. The number of allylic oxidation sites excluding steroid dienone is 1. The van der Waals surface area contributed by atoms with Gasteiger partial charge in [-0.3, -0.25) is 0 Å². The van der Waals surface area contributed by atoms with Crippen molar-refractivity contribution in [1.82, 2.24) is 0 Å². The van der Waals surface area contributed by atoms with Crippen LogP contribution in [-0.4, -0.2) is 8.42 Å². The number of hydrogen-bond donors (Lipinski definition) is 0. The van der Waals surface area contributed by atoms with Crippen LogP contribution in [0.3, 0.4) is 0 Å². The van der Waals surface area contributed by atoms with Crippen molar-refractivity contribution in [2.45, 2.75) is 24.7 Å². The summed E-state index contributed by atoms with van der Waals surface area (Å²) in [6.45, 7) is 2.05. The normalized spacial score (nSPS) is 12.3. The Morgan fingerprint density at radius 3 is 2.05 bits per heavy atom. The molecule has 0 atom stereocenters. The van der Waals surface area contributed by atoms with Crippen LogP contribution >= 0.6 is 0 Å². The van der Waals surface area contributed by atoms with Gasteiger partial charge in [0, 0.05) is 5.41 Å².